The Labute approximate surface area is 195 Å². The average Bonchev–Trinajstić information content (AvgIpc) is 3.35. The zero-order valence-electron chi connectivity index (χ0n) is 17.5. The second kappa shape index (κ2) is 9.82. The summed E-state index contributed by atoms with van der Waals surface area (Å²) in [7, 11) is 0. The molecule has 2 aromatic carbocycles. The Balaban J connectivity index is 1.43. The summed E-state index contributed by atoms with van der Waals surface area (Å²) >= 11 is 7.54. The lowest BCUT2D eigenvalue weighted by atomic mass is 10.1. The first-order valence-corrected chi connectivity index (χ1v) is 11.4. The van der Waals surface area contributed by atoms with Gasteiger partial charge in [0.1, 0.15) is 5.01 Å². The van der Waals surface area contributed by atoms with Crippen molar-refractivity contribution < 1.29 is 4.79 Å². The molecule has 0 saturated carbocycles. The van der Waals surface area contributed by atoms with Gasteiger partial charge in [-0.1, -0.05) is 41.9 Å². The second-order valence-corrected chi connectivity index (χ2v) is 9.00. The van der Waals surface area contributed by atoms with Gasteiger partial charge in [-0.3, -0.25) is 4.79 Å². The Morgan fingerprint density at radius 2 is 2.03 bits per heavy atom. The third-order valence-electron chi connectivity index (χ3n) is 5.07. The third kappa shape index (κ3) is 4.91. The molecule has 1 N–H and O–H groups in total. The molecule has 7 heteroatoms. The number of nitrogens with one attached hydrogen (secondary N) is 1. The number of fused-ring (bicyclic) bond motifs is 1. The molecule has 0 unspecified atom stereocenters. The normalized spacial score (nSPS) is 11.2. The number of nitrogens with zero attached hydrogens (tertiary/aromatic N) is 3. The Kier molecular flexibility index (Phi) is 6.69. The SMILES string of the molecule is Cc1sc(CNC(=O)/C=C/c2cn(CCC#N)c3ccccc23)nc1-c1ccc(Cl)cc1. The van der Waals surface area contributed by atoms with Crippen LogP contribution in [0.2, 0.25) is 5.02 Å². The van der Waals surface area contributed by atoms with Crippen LogP contribution in [-0.4, -0.2) is 15.5 Å². The number of hydrogen-bond donors (Lipinski definition) is 1. The summed E-state index contributed by atoms with van der Waals surface area (Å²) in [4.78, 5) is 18.2. The number of aryl methyl sites for hydroxylation is 2. The molecule has 0 aliphatic heterocycles. The van der Waals surface area contributed by atoms with Crippen molar-refractivity contribution in [3.8, 4) is 17.3 Å². The number of benzene rings is 2. The van der Waals surface area contributed by atoms with Crippen LogP contribution in [0, 0.1) is 18.3 Å². The van der Waals surface area contributed by atoms with Gasteiger partial charge in [-0.05, 0) is 31.2 Å². The van der Waals surface area contributed by atoms with Crippen molar-refractivity contribution >= 4 is 45.8 Å². The van der Waals surface area contributed by atoms with Crippen LogP contribution in [0.5, 0.6) is 0 Å². The minimum Gasteiger partial charge on any atom is -0.346 e. The van der Waals surface area contributed by atoms with Crippen LogP contribution in [0.1, 0.15) is 21.9 Å². The highest BCUT2D eigenvalue weighted by Crippen LogP contribution is 2.28. The van der Waals surface area contributed by atoms with E-state index in [2.05, 4.69) is 16.4 Å². The average molecular weight is 461 g/mol. The van der Waals surface area contributed by atoms with E-state index in [1.165, 1.54) is 6.08 Å². The number of amides is 1. The predicted molar refractivity (Wildman–Crippen MR) is 130 cm³/mol. The second-order valence-electron chi connectivity index (χ2n) is 7.27. The Bertz CT molecular complexity index is 1330. The number of nitriles is 1. The first-order valence-electron chi connectivity index (χ1n) is 10.2. The van der Waals surface area contributed by atoms with E-state index < -0.39 is 0 Å². The summed E-state index contributed by atoms with van der Waals surface area (Å²) in [6.45, 7) is 3.01. The highest BCUT2D eigenvalue weighted by Gasteiger charge is 2.11. The molecule has 4 aromatic rings. The lowest BCUT2D eigenvalue weighted by Gasteiger charge is -2.00. The Morgan fingerprint density at radius 1 is 1.25 bits per heavy atom. The minimum absolute atomic E-state index is 0.181. The lowest BCUT2D eigenvalue weighted by molar-refractivity contribution is -0.116. The molecule has 0 radical (unpaired) electrons. The first-order chi connectivity index (χ1) is 15.5. The van der Waals surface area contributed by atoms with E-state index in [0.29, 0.717) is 24.5 Å². The van der Waals surface area contributed by atoms with Gasteiger partial charge in [-0.25, -0.2) is 4.98 Å². The minimum atomic E-state index is -0.181. The fourth-order valence-electron chi connectivity index (χ4n) is 3.55. The summed E-state index contributed by atoms with van der Waals surface area (Å²) in [5.74, 6) is -0.181. The number of carbonyl (C=O) groups excluding carboxylic acids is 1. The predicted octanol–water partition coefficient (Wildman–Crippen LogP) is 5.97. The number of rotatable bonds is 7. The van der Waals surface area contributed by atoms with Crippen LogP contribution in [-0.2, 0) is 17.9 Å². The fraction of sp³-hybridized carbons (Fsp3) is 0.160. The van der Waals surface area contributed by atoms with Crippen molar-refractivity contribution in [3.63, 3.8) is 0 Å². The highest BCUT2D eigenvalue weighted by molar-refractivity contribution is 7.12. The monoisotopic (exact) mass is 460 g/mol. The number of hydrogen-bond acceptors (Lipinski definition) is 4. The van der Waals surface area contributed by atoms with Gasteiger partial charge < -0.3 is 9.88 Å². The molecule has 4 rings (SSSR count). The Morgan fingerprint density at radius 3 is 2.81 bits per heavy atom. The van der Waals surface area contributed by atoms with Crippen LogP contribution in [0.4, 0.5) is 0 Å². The Hall–Kier alpha value is -3.40. The highest BCUT2D eigenvalue weighted by atomic mass is 35.5. The molecule has 0 aliphatic rings. The van der Waals surface area contributed by atoms with Crippen LogP contribution in [0.15, 0.2) is 60.8 Å². The van der Waals surface area contributed by atoms with Gasteiger partial charge in [0.25, 0.3) is 0 Å². The third-order valence-corrected chi connectivity index (χ3v) is 6.29. The number of halogens is 1. The molecule has 0 bridgehead atoms. The summed E-state index contributed by atoms with van der Waals surface area (Å²) < 4.78 is 2.05. The molecule has 32 heavy (non-hydrogen) atoms. The smallest absolute Gasteiger partial charge is 0.244 e. The van der Waals surface area contributed by atoms with Gasteiger partial charge >= 0.3 is 0 Å². The van der Waals surface area contributed by atoms with Gasteiger partial charge in [-0.2, -0.15) is 5.26 Å². The molecular weight excluding hydrogens is 440 g/mol. The van der Waals surface area contributed by atoms with Crippen LogP contribution < -0.4 is 5.32 Å². The first kappa shape index (κ1) is 21.8. The molecule has 2 heterocycles. The number of carbonyl (C=O) groups is 1. The number of aromatic nitrogens is 2. The van der Waals surface area contributed by atoms with E-state index in [0.717, 1.165) is 37.6 Å². The summed E-state index contributed by atoms with van der Waals surface area (Å²) in [5.41, 5.74) is 3.92. The van der Waals surface area contributed by atoms with Crippen molar-refractivity contribution in [2.24, 2.45) is 0 Å². The lowest BCUT2D eigenvalue weighted by Crippen LogP contribution is -2.20. The molecule has 160 valence electrons. The topological polar surface area (TPSA) is 70.7 Å². The standard InChI is InChI=1S/C25H21ClN4OS/c1-17-25(18-7-10-20(26)11-8-18)29-24(32-17)15-28-23(31)12-9-19-16-30(14-4-13-27)22-6-3-2-5-21(19)22/h2-3,5-12,16H,4,14-15H2,1H3,(H,28,31)/b12-9+. The van der Waals surface area contributed by atoms with Crippen molar-refractivity contribution in [1.29, 1.82) is 5.26 Å². The maximum absolute atomic E-state index is 12.4. The van der Waals surface area contributed by atoms with E-state index in [1.807, 2.05) is 72.3 Å². The van der Waals surface area contributed by atoms with Gasteiger partial charge in [0.05, 0.1) is 24.7 Å². The van der Waals surface area contributed by atoms with Gasteiger partial charge in [0.2, 0.25) is 5.91 Å². The van der Waals surface area contributed by atoms with Crippen molar-refractivity contribution in [3.05, 3.63) is 81.3 Å². The molecular formula is C25H21ClN4OS. The van der Waals surface area contributed by atoms with E-state index >= 15 is 0 Å². The maximum Gasteiger partial charge on any atom is 0.244 e. The molecule has 5 nitrogen and oxygen atoms in total. The largest absolute Gasteiger partial charge is 0.346 e. The zero-order valence-corrected chi connectivity index (χ0v) is 19.1. The van der Waals surface area contributed by atoms with Crippen molar-refractivity contribution in [2.75, 3.05) is 0 Å². The summed E-state index contributed by atoms with van der Waals surface area (Å²) in [5, 5.41) is 14.4. The quantitative estimate of drug-likeness (QED) is 0.345. The molecule has 0 fully saturated rings. The van der Waals surface area contributed by atoms with E-state index in [9.17, 15) is 4.79 Å². The maximum atomic E-state index is 12.4. The van der Waals surface area contributed by atoms with Crippen molar-refractivity contribution in [1.82, 2.24) is 14.9 Å². The van der Waals surface area contributed by atoms with Crippen LogP contribution in [0.25, 0.3) is 28.2 Å². The molecule has 0 spiro atoms. The molecule has 0 aliphatic carbocycles. The van der Waals surface area contributed by atoms with Gasteiger partial charge in [0.15, 0.2) is 0 Å². The van der Waals surface area contributed by atoms with Gasteiger partial charge in [0, 0.05) is 50.7 Å². The van der Waals surface area contributed by atoms with Crippen molar-refractivity contribution in [2.45, 2.75) is 26.4 Å². The number of thiazole rings is 1. The summed E-state index contributed by atoms with van der Waals surface area (Å²) in [6, 6.07) is 17.7. The van der Waals surface area contributed by atoms with Crippen LogP contribution >= 0.6 is 22.9 Å². The molecule has 2 aromatic heterocycles. The molecule has 1 amide bonds. The zero-order chi connectivity index (χ0) is 22.5. The van der Waals surface area contributed by atoms with E-state index in [4.69, 9.17) is 16.9 Å². The van der Waals surface area contributed by atoms with E-state index in [-0.39, 0.29) is 5.91 Å². The summed E-state index contributed by atoms with van der Waals surface area (Å²) in [6.07, 6.45) is 5.77. The number of para-hydroxylation sites is 1. The fourth-order valence-corrected chi connectivity index (χ4v) is 4.57. The molecule has 0 atom stereocenters. The van der Waals surface area contributed by atoms with Gasteiger partial charge in [-0.15, -0.1) is 11.3 Å². The van der Waals surface area contributed by atoms with Crippen LogP contribution in [0.3, 0.4) is 0 Å². The molecule has 0 saturated heterocycles. The van der Waals surface area contributed by atoms with E-state index in [1.54, 1.807) is 11.3 Å².